The van der Waals surface area contributed by atoms with Crippen molar-refractivity contribution in [1.82, 2.24) is 9.97 Å². The van der Waals surface area contributed by atoms with Gasteiger partial charge in [-0.05, 0) is 22.0 Å². The highest BCUT2D eigenvalue weighted by atomic mass is 79.9. The molecule has 5 heteroatoms. The number of aromatic nitrogens is 2. The number of nitrogens with zero attached hydrogens (tertiary/aromatic N) is 2. The van der Waals surface area contributed by atoms with E-state index in [0.29, 0.717) is 5.56 Å². The van der Waals surface area contributed by atoms with Crippen LogP contribution in [-0.2, 0) is 0 Å². The molecule has 2 rings (SSSR count). The summed E-state index contributed by atoms with van der Waals surface area (Å²) < 4.78 is 0.980. The maximum absolute atomic E-state index is 9.91. The Morgan fingerprint density at radius 1 is 1.36 bits per heavy atom. The summed E-state index contributed by atoms with van der Waals surface area (Å²) in [4.78, 5) is 8.60. The van der Waals surface area contributed by atoms with Gasteiger partial charge in [-0.1, -0.05) is 0 Å². The largest absolute Gasteiger partial charge is 0.383 e. The fourth-order valence-corrected chi connectivity index (χ4v) is 2.54. The van der Waals surface area contributed by atoms with Crippen LogP contribution in [0.5, 0.6) is 0 Å². The minimum absolute atomic E-state index is 0.632. The second-order valence-electron chi connectivity index (χ2n) is 2.74. The third-order valence-electron chi connectivity index (χ3n) is 1.75. The highest BCUT2D eigenvalue weighted by molar-refractivity contribution is 9.10. The summed E-state index contributed by atoms with van der Waals surface area (Å²) in [6.45, 7) is 0. The van der Waals surface area contributed by atoms with Gasteiger partial charge in [-0.3, -0.25) is 0 Å². The van der Waals surface area contributed by atoms with Gasteiger partial charge < -0.3 is 5.11 Å². The minimum atomic E-state index is -0.632. The zero-order valence-corrected chi connectivity index (χ0v) is 9.49. The predicted octanol–water partition coefficient (Wildman–Crippen LogP) is 2.38. The van der Waals surface area contributed by atoms with E-state index in [2.05, 4.69) is 25.9 Å². The Labute approximate surface area is 93.6 Å². The van der Waals surface area contributed by atoms with Crippen LogP contribution in [0.15, 0.2) is 34.6 Å². The smallest absolute Gasteiger partial charge is 0.116 e. The average Bonchev–Trinajstić information content (AvgIpc) is 2.65. The Bertz CT molecular complexity index is 418. The topological polar surface area (TPSA) is 46.0 Å². The number of hydrogen-bond acceptors (Lipinski definition) is 4. The molecule has 0 aromatic carbocycles. The van der Waals surface area contributed by atoms with E-state index < -0.39 is 6.10 Å². The molecule has 0 fully saturated rings. The Morgan fingerprint density at radius 2 is 2.07 bits per heavy atom. The molecule has 0 amide bonds. The van der Waals surface area contributed by atoms with Crippen LogP contribution in [0.25, 0.3) is 0 Å². The third-order valence-corrected chi connectivity index (χ3v) is 3.50. The molecule has 2 aromatic rings. The van der Waals surface area contributed by atoms with E-state index in [1.807, 2.05) is 11.4 Å². The van der Waals surface area contributed by atoms with Crippen LogP contribution in [0.1, 0.15) is 16.5 Å². The van der Waals surface area contributed by atoms with Crippen molar-refractivity contribution in [3.63, 3.8) is 0 Å². The average molecular weight is 271 g/mol. The molecular weight excluding hydrogens is 264 g/mol. The van der Waals surface area contributed by atoms with Gasteiger partial charge in [-0.2, -0.15) is 0 Å². The summed E-state index contributed by atoms with van der Waals surface area (Å²) in [7, 11) is 0. The zero-order chi connectivity index (χ0) is 9.97. The second kappa shape index (κ2) is 4.16. The van der Waals surface area contributed by atoms with Crippen molar-refractivity contribution >= 4 is 27.3 Å². The Morgan fingerprint density at radius 3 is 2.64 bits per heavy atom. The van der Waals surface area contributed by atoms with Crippen molar-refractivity contribution in [3.05, 3.63) is 45.1 Å². The number of rotatable bonds is 2. The first-order valence-corrected chi connectivity index (χ1v) is 5.61. The summed E-state index contributed by atoms with van der Waals surface area (Å²) in [6, 6.07) is 1.89. The van der Waals surface area contributed by atoms with Crippen LogP contribution < -0.4 is 0 Å². The monoisotopic (exact) mass is 270 g/mol. The number of aliphatic hydroxyl groups is 1. The number of halogens is 1. The lowest BCUT2D eigenvalue weighted by Gasteiger charge is -2.06. The van der Waals surface area contributed by atoms with Gasteiger partial charge in [0.15, 0.2) is 0 Å². The fourth-order valence-electron chi connectivity index (χ4n) is 1.09. The Hall–Kier alpha value is -0.780. The normalized spacial score (nSPS) is 12.7. The van der Waals surface area contributed by atoms with Gasteiger partial charge in [0.05, 0.1) is 0 Å². The van der Waals surface area contributed by atoms with Crippen molar-refractivity contribution in [2.75, 3.05) is 0 Å². The SMILES string of the molecule is OC(c1cncnc1)c1cc(Br)cs1. The van der Waals surface area contributed by atoms with Crippen LogP contribution in [0.2, 0.25) is 0 Å². The highest BCUT2D eigenvalue weighted by Gasteiger charge is 2.12. The van der Waals surface area contributed by atoms with Crippen molar-refractivity contribution in [2.24, 2.45) is 0 Å². The van der Waals surface area contributed by atoms with E-state index in [4.69, 9.17) is 0 Å². The maximum atomic E-state index is 9.91. The van der Waals surface area contributed by atoms with Gasteiger partial charge in [0.1, 0.15) is 12.4 Å². The van der Waals surface area contributed by atoms with E-state index in [-0.39, 0.29) is 0 Å². The van der Waals surface area contributed by atoms with Gasteiger partial charge in [-0.25, -0.2) is 9.97 Å². The maximum Gasteiger partial charge on any atom is 0.116 e. The number of aliphatic hydroxyl groups excluding tert-OH is 1. The van der Waals surface area contributed by atoms with Gasteiger partial charge in [-0.15, -0.1) is 11.3 Å². The van der Waals surface area contributed by atoms with Crippen molar-refractivity contribution in [1.29, 1.82) is 0 Å². The van der Waals surface area contributed by atoms with Crippen LogP contribution in [0, 0.1) is 0 Å². The highest BCUT2D eigenvalue weighted by Crippen LogP contribution is 2.29. The molecule has 0 radical (unpaired) electrons. The molecule has 0 aliphatic rings. The first kappa shape index (κ1) is 9.76. The molecule has 1 N–H and O–H groups in total. The quantitative estimate of drug-likeness (QED) is 0.912. The zero-order valence-electron chi connectivity index (χ0n) is 7.09. The first-order chi connectivity index (χ1) is 6.77. The molecular formula is C9H7BrN2OS. The molecule has 2 heterocycles. The molecule has 0 saturated heterocycles. The molecule has 0 spiro atoms. The van der Waals surface area contributed by atoms with E-state index in [0.717, 1.165) is 9.35 Å². The van der Waals surface area contributed by atoms with Gasteiger partial charge in [0.2, 0.25) is 0 Å². The van der Waals surface area contributed by atoms with Crippen LogP contribution >= 0.6 is 27.3 Å². The van der Waals surface area contributed by atoms with Gasteiger partial charge in [0, 0.05) is 32.7 Å². The number of thiophene rings is 1. The second-order valence-corrected chi connectivity index (χ2v) is 4.60. The van der Waals surface area contributed by atoms with E-state index >= 15 is 0 Å². The number of hydrogen-bond donors (Lipinski definition) is 1. The van der Waals surface area contributed by atoms with Crippen LogP contribution in [-0.4, -0.2) is 15.1 Å². The summed E-state index contributed by atoms with van der Waals surface area (Å²) in [5.41, 5.74) is 0.710. The first-order valence-electron chi connectivity index (χ1n) is 3.94. The molecule has 72 valence electrons. The minimum Gasteiger partial charge on any atom is -0.383 e. The lowest BCUT2D eigenvalue weighted by molar-refractivity contribution is 0.223. The Kier molecular flexibility index (Phi) is 2.90. The fraction of sp³-hybridized carbons (Fsp3) is 0.111. The van der Waals surface area contributed by atoms with Crippen molar-refractivity contribution in [2.45, 2.75) is 6.10 Å². The Balaban J connectivity index is 2.29. The van der Waals surface area contributed by atoms with Crippen LogP contribution in [0.3, 0.4) is 0 Å². The third kappa shape index (κ3) is 2.00. The molecule has 0 saturated carbocycles. The van der Waals surface area contributed by atoms with Crippen molar-refractivity contribution in [3.8, 4) is 0 Å². The molecule has 1 atom stereocenters. The summed E-state index contributed by atoms with van der Waals surface area (Å²) in [5, 5.41) is 11.8. The van der Waals surface area contributed by atoms with Crippen molar-refractivity contribution < 1.29 is 5.11 Å². The molecule has 0 bridgehead atoms. The van der Waals surface area contributed by atoms with E-state index in [1.54, 1.807) is 12.4 Å². The standard InChI is InChI=1S/C9H7BrN2OS/c10-7-1-8(14-4-7)9(13)6-2-11-5-12-3-6/h1-5,9,13H. The summed E-state index contributed by atoms with van der Waals surface area (Å²) >= 11 is 4.84. The van der Waals surface area contributed by atoms with E-state index in [1.165, 1.54) is 17.7 Å². The lowest BCUT2D eigenvalue weighted by Crippen LogP contribution is -1.97. The molecule has 0 aliphatic heterocycles. The summed E-state index contributed by atoms with van der Waals surface area (Å²) in [5.74, 6) is 0. The molecule has 3 nitrogen and oxygen atoms in total. The predicted molar refractivity (Wildman–Crippen MR) is 58.1 cm³/mol. The van der Waals surface area contributed by atoms with Gasteiger partial charge >= 0.3 is 0 Å². The summed E-state index contributed by atoms with van der Waals surface area (Å²) in [6.07, 6.45) is 4.05. The molecule has 1 unspecified atom stereocenters. The van der Waals surface area contributed by atoms with Gasteiger partial charge in [0.25, 0.3) is 0 Å². The van der Waals surface area contributed by atoms with E-state index in [9.17, 15) is 5.11 Å². The molecule has 2 aromatic heterocycles. The van der Waals surface area contributed by atoms with Crippen LogP contribution in [0.4, 0.5) is 0 Å². The molecule has 0 aliphatic carbocycles. The molecule has 14 heavy (non-hydrogen) atoms. The lowest BCUT2D eigenvalue weighted by atomic mass is 10.2.